The highest BCUT2D eigenvalue weighted by Crippen LogP contribution is 2.41. The summed E-state index contributed by atoms with van der Waals surface area (Å²) in [5.74, 6) is 0.728. The second kappa shape index (κ2) is 6.99. The first-order valence-electron chi connectivity index (χ1n) is 9.75. The highest BCUT2D eigenvalue weighted by Gasteiger charge is 2.19. The number of benzene rings is 3. The van der Waals surface area contributed by atoms with Gasteiger partial charge in [0.25, 0.3) is 0 Å². The van der Waals surface area contributed by atoms with E-state index in [1.807, 2.05) is 24.3 Å². The quantitative estimate of drug-likeness (QED) is 0.408. The van der Waals surface area contributed by atoms with Crippen LogP contribution in [0, 0.1) is 5.41 Å². The Morgan fingerprint density at radius 3 is 2.57 bits per heavy atom. The van der Waals surface area contributed by atoms with Crippen molar-refractivity contribution in [3.05, 3.63) is 71.0 Å². The molecular weight excluding hydrogens is 368 g/mol. The Bertz CT molecular complexity index is 1190. The molecule has 1 fully saturated rings. The van der Waals surface area contributed by atoms with Crippen LogP contribution in [-0.4, -0.2) is 13.1 Å². The number of hydrogen-bond donors (Lipinski definition) is 1. The zero-order valence-electron chi connectivity index (χ0n) is 15.5. The molecule has 3 nitrogen and oxygen atoms in total. The second-order valence-corrected chi connectivity index (χ2v) is 7.86. The van der Waals surface area contributed by atoms with Crippen molar-refractivity contribution < 1.29 is 4.42 Å². The summed E-state index contributed by atoms with van der Waals surface area (Å²) in [6.45, 7) is 2.19. The summed E-state index contributed by atoms with van der Waals surface area (Å²) >= 11 is 6.29. The van der Waals surface area contributed by atoms with Crippen molar-refractivity contribution in [1.29, 1.82) is 5.41 Å². The third-order valence-corrected chi connectivity index (χ3v) is 5.77. The zero-order chi connectivity index (χ0) is 19.1. The average molecular weight is 389 g/mol. The van der Waals surface area contributed by atoms with Crippen LogP contribution in [0.25, 0.3) is 33.4 Å². The van der Waals surface area contributed by atoms with Crippen LogP contribution in [0.4, 0.5) is 5.69 Å². The number of halogens is 1. The first-order valence-corrected chi connectivity index (χ1v) is 10.1. The molecule has 2 aromatic carbocycles. The van der Waals surface area contributed by atoms with Gasteiger partial charge in [-0.05, 0) is 61.2 Å². The highest BCUT2D eigenvalue weighted by molar-refractivity contribution is 6.31. The number of fused-ring (bicyclic) bond motifs is 2. The molecule has 1 saturated heterocycles. The molecule has 0 saturated carbocycles. The van der Waals surface area contributed by atoms with Gasteiger partial charge in [-0.15, -0.1) is 0 Å². The maximum atomic E-state index is 8.01. The predicted molar refractivity (Wildman–Crippen MR) is 115 cm³/mol. The molecule has 0 unspecified atom stereocenters. The van der Waals surface area contributed by atoms with Crippen LogP contribution in [0.5, 0.6) is 0 Å². The number of piperidine rings is 1. The molecule has 4 heteroatoms. The van der Waals surface area contributed by atoms with Gasteiger partial charge in [0.1, 0.15) is 11.3 Å². The molecule has 5 rings (SSSR count). The van der Waals surface area contributed by atoms with Crippen LogP contribution < -0.4 is 10.3 Å². The van der Waals surface area contributed by atoms with E-state index in [0.29, 0.717) is 10.4 Å². The molecule has 2 aromatic rings. The first kappa shape index (κ1) is 17.3. The van der Waals surface area contributed by atoms with Crippen molar-refractivity contribution in [2.24, 2.45) is 0 Å². The lowest BCUT2D eigenvalue weighted by Gasteiger charge is -2.29. The molecule has 0 aromatic heterocycles. The van der Waals surface area contributed by atoms with E-state index in [1.54, 1.807) is 12.1 Å². The zero-order valence-corrected chi connectivity index (χ0v) is 16.3. The molecule has 0 bridgehead atoms. The SMILES string of the molecule is N=c1ccc2c(-c3cccc(Cl)c3)c3ccc(N4CCCCC4)cc3oc-2c1. The molecule has 0 amide bonds. The Labute approximate surface area is 169 Å². The van der Waals surface area contributed by atoms with Crippen molar-refractivity contribution >= 4 is 28.3 Å². The van der Waals surface area contributed by atoms with Crippen LogP contribution >= 0.6 is 11.6 Å². The Morgan fingerprint density at radius 2 is 1.75 bits per heavy atom. The number of hydrogen-bond acceptors (Lipinski definition) is 3. The predicted octanol–water partition coefficient (Wildman–Crippen LogP) is 6.33. The van der Waals surface area contributed by atoms with E-state index in [4.69, 9.17) is 21.4 Å². The van der Waals surface area contributed by atoms with Crippen LogP contribution in [0.15, 0.2) is 65.1 Å². The molecule has 28 heavy (non-hydrogen) atoms. The van der Waals surface area contributed by atoms with E-state index >= 15 is 0 Å². The van der Waals surface area contributed by atoms with Crippen molar-refractivity contribution in [2.45, 2.75) is 19.3 Å². The van der Waals surface area contributed by atoms with E-state index in [9.17, 15) is 0 Å². The summed E-state index contributed by atoms with van der Waals surface area (Å²) in [7, 11) is 0. The van der Waals surface area contributed by atoms with Crippen molar-refractivity contribution in [1.82, 2.24) is 0 Å². The van der Waals surface area contributed by atoms with E-state index in [1.165, 1.54) is 24.9 Å². The van der Waals surface area contributed by atoms with Gasteiger partial charge >= 0.3 is 0 Å². The lowest BCUT2D eigenvalue weighted by atomic mass is 9.93. The summed E-state index contributed by atoms with van der Waals surface area (Å²) in [6, 6.07) is 20.0. The third-order valence-electron chi connectivity index (χ3n) is 5.54. The topological polar surface area (TPSA) is 40.2 Å². The largest absolute Gasteiger partial charge is 0.456 e. The minimum atomic E-state index is 0.444. The third kappa shape index (κ3) is 3.06. The van der Waals surface area contributed by atoms with Gasteiger partial charge in [-0.1, -0.05) is 23.7 Å². The highest BCUT2D eigenvalue weighted by atomic mass is 35.5. The number of rotatable bonds is 2. The van der Waals surface area contributed by atoms with Crippen molar-refractivity contribution in [3.8, 4) is 22.5 Å². The average Bonchev–Trinajstić information content (AvgIpc) is 2.72. The number of nitrogens with zero attached hydrogens (tertiary/aromatic N) is 1. The van der Waals surface area contributed by atoms with Gasteiger partial charge in [0.05, 0.1) is 5.36 Å². The number of nitrogens with one attached hydrogen (secondary N) is 1. The minimum absolute atomic E-state index is 0.444. The maximum absolute atomic E-state index is 8.01. The van der Waals surface area contributed by atoms with E-state index < -0.39 is 0 Å². The lowest BCUT2D eigenvalue weighted by Crippen LogP contribution is -2.29. The molecular formula is C24H21ClN2O. The minimum Gasteiger partial charge on any atom is -0.456 e. The molecule has 1 aliphatic carbocycles. The number of anilines is 1. The fraction of sp³-hybridized carbons (Fsp3) is 0.208. The standard InChI is InChI=1S/C24H21ClN2O/c25-17-6-4-5-16(13-17)24-20-9-7-18(26)14-22(20)28-23-15-19(8-10-21(23)24)27-11-2-1-3-12-27/h4-10,13-15,26H,1-3,11-12H2. The first-order chi connectivity index (χ1) is 13.7. The smallest absolute Gasteiger partial charge is 0.137 e. The van der Waals surface area contributed by atoms with Gasteiger partial charge in [0.15, 0.2) is 0 Å². The molecule has 2 aliphatic heterocycles. The van der Waals surface area contributed by atoms with Crippen LogP contribution in [0.2, 0.25) is 5.02 Å². The summed E-state index contributed by atoms with van der Waals surface area (Å²) in [5, 5.41) is 10.2. The molecule has 3 aliphatic rings. The van der Waals surface area contributed by atoms with Gasteiger partial charge in [0, 0.05) is 52.4 Å². The molecule has 1 N–H and O–H groups in total. The summed E-state index contributed by atoms with van der Waals surface area (Å²) < 4.78 is 6.27. The summed E-state index contributed by atoms with van der Waals surface area (Å²) in [4.78, 5) is 2.43. The fourth-order valence-electron chi connectivity index (χ4n) is 4.18. The van der Waals surface area contributed by atoms with Crippen LogP contribution in [0.1, 0.15) is 19.3 Å². The molecule has 0 spiro atoms. The Hall–Kier alpha value is -2.78. The van der Waals surface area contributed by atoms with Gasteiger partial charge < -0.3 is 14.7 Å². The summed E-state index contributed by atoms with van der Waals surface area (Å²) in [6.07, 6.45) is 3.79. The lowest BCUT2D eigenvalue weighted by molar-refractivity contribution is 0.576. The van der Waals surface area contributed by atoms with Crippen molar-refractivity contribution in [3.63, 3.8) is 0 Å². The maximum Gasteiger partial charge on any atom is 0.137 e. The molecule has 0 atom stereocenters. The monoisotopic (exact) mass is 388 g/mol. The van der Waals surface area contributed by atoms with Crippen molar-refractivity contribution in [2.75, 3.05) is 18.0 Å². The molecule has 0 radical (unpaired) electrons. The fourth-order valence-corrected chi connectivity index (χ4v) is 4.37. The van der Waals surface area contributed by atoms with Gasteiger partial charge in [0.2, 0.25) is 0 Å². The van der Waals surface area contributed by atoms with Crippen LogP contribution in [-0.2, 0) is 0 Å². The Kier molecular flexibility index (Phi) is 4.33. The Balaban J connectivity index is 1.79. The summed E-state index contributed by atoms with van der Waals surface area (Å²) in [5.41, 5.74) is 5.20. The Morgan fingerprint density at radius 1 is 0.893 bits per heavy atom. The molecule has 2 heterocycles. The van der Waals surface area contributed by atoms with Crippen LogP contribution in [0.3, 0.4) is 0 Å². The van der Waals surface area contributed by atoms with E-state index in [-0.39, 0.29) is 0 Å². The van der Waals surface area contributed by atoms with E-state index in [0.717, 1.165) is 46.5 Å². The normalized spacial score (nSPS) is 14.7. The van der Waals surface area contributed by atoms with Gasteiger partial charge in [-0.2, -0.15) is 0 Å². The van der Waals surface area contributed by atoms with Gasteiger partial charge in [-0.25, -0.2) is 0 Å². The second-order valence-electron chi connectivity index (χ2n) is 7.43. The van der Waals surface area contributed by atoms with Gasteiger partial charge in [-0.3, -0.25) is 0 Å². The van der Waals surface area contributed by atoms with E-state index in [2.05, 4.69) is 29.2 Å². The molecule has 140 valence electrons.